The SMILES string of the molecule is O=C1CC(c2cccc([N+](=O)[O-])c2)c2c(sc3cc(Cl)ccc3c2=O)N1c1ccccc1. The summed E-state index contributed by atoms with van der Waals surface area (Å²) in [5, 5.41) is 12.8. The fourth-order valence-corrected chi connectivity index (χ4v) is 5.65. The maximum absolute atomic E-state index is 13.7. The summed E-state index contributed by atoms with van der Waals surface area (Å²) in [5.74, 6) is -0.765. The molecule has 0 radical (unpaired) electrons. The van der Waals surface area contributed by atoms with Gasteiger partial charge in [-0.3, -0.25) is 24.6 Å². The molecule has 5 rings (SSSR count). The summed E-state index contributed by atoms with van der Waals surface area (Å²) in [6.07, 6.45) is 0.0319. The molecule has 1 aliphatic heterocycles. The summed E-state index contributed by atoms with van der Waals surface area (Å²) in [5.41, 5.74) is 1.42. The Kier molecular flexibility index (Phi) is 5.00. The van der Waals surface area contributed by atoms with Crippen molar-refractivity contribution in [2.24, 2.45) is 0 Å². The summed E-state index contributed by atoms with van der Waals surface area (Å²) in [7, 11) is 0. The van der Waals surface area contributed by atoms with Crippen LogP contribution in [0.25, 0.3) is 10.1 Å². The number of para-hydroxylation sites is 1. The Morgan fingerprint density at radius 2 is 1.78 bits per heavy atom. The predicted molar refractivity (Wildman–Crippen MR) is 126 cm³/mol. The Labute approximate surface area is 191 Å². The summed E-state index contributed by atoms with van der Waals surface area (Å²) >= 11 is 7.49. The highest BCUT2D eigenvalue weighted by Gasteiger charge is 2.37. The zero-order chi connectivity index (χ0) is 22.4. The topological polar surface area (TPSA) is 80.5 Å². The summed E-state index contributed by atoms with van der Waals surface area (Å²) in [6.45, 7) is 0. The molecule has 0 saturated heterocycles. The van der Waals surface area contributed by atoms with Gasteiger partial charge in [0.05, 0.1) is 4.92 Å². The molecule has 1 atom stereocenters. The van der Waals surface area contributed by atoms with Crippen molar-refractivity contribution in [2.45, 2.75) is 12.3 Å². The lowest BCUT2D eigenvalue weighted by Gasteiger charge is -2.33. The fraction of sp³-hybridized carbons (Fsp3) is 0.0833. The van der Waals surface area contributed by atoms with Crippen LogP contribution in [0.5, 0.6) is 0 Å². The molecule has 0 N–H and O–H groups in total. The zero-order valence-electron chi connectivity index (χ0n) is 16.5. The van der Waals surface area contributed by atoms with Crippen LogP contribution >= 0.6 is 22.9 Å². The van der Waals surface area contributed by atoms with Crippen LogP contribution in [0.3, 0.4) is 0 Å². The average Bonchev–Trinajstić information content (AvgIpc) is 2.79. The number of amides is 1. The second-order valence-corrected chi connectivity index (χ2v) is 8.93. The standard InChI is InChI=1S/C24H15ClN2O4S/c25-15-9-10-18-20(12-15)32-24-22(23(18)29)19(14-5-4-8-17(11-14)27(30)31)13-21(28)26(24)16-6-2-1-3-7-16/h1-12,19H,13H2. The second kappa shape index (κ2) is 7.85. The van der Waals surface area contributed by atoms with E-state index < -0.39 is 10.8 Å². The average molecular weight is 463 g/mol. The first kappa shape index (κ1) is 20.4. The molecule has 0 fully saturated rings. The van der Waals surface area contributed by atoms with Crippen molar-refractivity contribution in [3.05, 3.63) is 109 Å². The van der Waals surface area contributed by atoms with Crippen molar-refractivity contribution in [1.82, 2.24) is 0 Å². The Morgan fingerprint density at radius 1 is 1.00 bits per heavy atom. The monoisotopic (exact) mass is 462 g/mol. The molecule has 6 nitrogen and oxygen atoms in total. The molecule has 2 heterocycles. The van der Waals surface area contributed by atoms with E-state index in [0.29, 0.717) is 36.9 Å². The molecule has 4 aromatic rings. The second-order valence-electron chi connectivity index (χ2n) is 7.46. The van der Waals surface area contributed by atoms with Crippen molar-refractivity contribution in [3.63, 3.8) is 0 Å². The molecule has 8 heteroatoms. The minimum Gasteiger partial charge on any atom is -0.289 e. The van der Waals surface area contributed by atoms with Crippen molar-refractivity contribution in [2.75, 3.05) is 4.90 Å². The highest BCUT2D eigenvalue weighted by Crippen LogP contribution is 2.46. The van der Waals surface area contributed by atoms with E-state index in [1.165, 1.54) is 23.5 Å². The van der Waals surface area contributed by atoms with E-state index in [9.17, 15) is 19.7 Å². The summed E-state index contributed by atoms with van der Waals surface area (Å²) < 4.78 is 0.676. The number of benzene rings is 3. The third-order valence-electron chi connectivity index (χ3n) is 5.55. The van der Waals surface area contributed by atoms with Gasteiger partial charge < -0.3 is 0 Å². The molecule has 32 heavy (non-hydrogen) atoms. The molecular formula is C24H15ClN2O4S. The lowest BCUT2D eigenvalue weighted by molar-refractivity contribution is -0.384. The number of hydrogen-bond donors (Lipinski definition) is 0. The van der Waals surface area contributed by atoms with Crippen molar-refractivity contribution in [1.29, 1.82) is 0 Å². The summed E-state index contributed by atoms with van der Waals surface area (Å²) in [6, 6.07) is 20.3. The van der Waals surface area contributed by atoms with Crippen molar-refractivity contribution in [3.8, 4) is 0 Å². The van der Waals surface area contributed by atoms with Gasteiger partial charge in [0, 0.05) is 50.8 Å². The molecule has 0 saturated carbocycles. The highest BCUT2D eigenvalue weighted by atomic mass is 35.5. The minimum absolute atomic E-state index is 0.0319. The van der Waals surface area contributed by atoms with Crippen LogP contribution in [0, 0.1) is 10.1 Å². The van der Waals surface area contributed by atoms with Gasteiger partial charge in [-0.05, 0) is 35.9 Å². The van der Waals surface area contributed by atoms with Crippen molar-refractivity contribution >= 4 is 55.3 Å². The van der Waals surface area contributed by atoms with Gasteiger partial charge >= 0.3 is 0 Å². The van der Waals surface area contributed by atoms with E-state index in [2.05, 4.69) is 0 Å². The number of carbonyl (C=O) groups is 1. The van der Waals surface area contributed by atoms with Gasteiger partial charge in [-0.15, -0.1) is 11.3 Å². The van der Waals surface area contributed by atoms with E-state index in [1.807, 2.05) is 30.3 Å². The van der Waals surface area contributed by atoms with Gasteiger partial charge in [-0.2, -0.15) is 0 Å². The predicted octanol–water partition coefficient (Wildman–Crippen LogP) is 6.02. The molecule has 1 aromatic heterocycles. The first-order chi connectivity index (χ1) is 15.4. The third-order valence-corrected chi connectivity index (χ3v) is 6.94. The zero-order valence-corrected chi connectivity index (χ0v) is 18.1. The van der Waals surface area contributed by atoms with Gasteiger partial charge in [-0.25, -0.2) is 0 Å². The van der Waals surface area contributed by atoms with Gasteiger partial charge in [0.2, 0.25) is 5.91 Å². The molecule has 1 amide bonds. The maximum atomic E-state index is 13.7. The quantitative estimate of drug-likeness (QED) is 0.275. The van der Waals surface area contributed by atoms with E-state index in [0.717, 1.165) is 0 Å². The highest BCUT2D eigenvalue weighted by molar-refractivity contribution is 7.22. The van der Waals surface area contributed by atoms with Gasteiger partial charge in [0.1, 0.15) is 5.00 Å². The minimum atomic E-state index is -0.582. The number of fused-ring (bicyclic) bond motifs is 2. The molecule has 0 bridgehead atoms. The largest absolute Gasteiger partial charge is 0.289 e. The number of nitro groups is 1. The normalized spacial score (nSPS) is 15.6. The first-order valence-electron chi connectivity index (χ1n) is 9.82. The van der Waals surface area contributed by atoms with Crippen LogP contribution in [0.15, 0.2) is 77.6 Å². The number of hydrogen-bond acceptors (Lipinski definition) is 5. The molecule has 1 aliphatic rings. The van der Waals surface area contributed by atoms with Gasteiger partial charge in [-0.1, -0.05) is 41.9 Å². The van der Waals surface area contributed by atoms with Crippen LogP contribution in [0.1, 0.15) is 23.5 Å². The van der Waals surface area contributed by atoms with E-state index in [1.54, 1.807) is 35.2 Å². The van der Waals surface area contributed by atoms with E-state index >= 15 is 0 Å². The molecule has 0 spiro atoms. The van der Waals surface area contributed by atoms with Crippen LogP contribution in [0.4, 0.5) is 16.4 Å². The van der Waals surface area contributed by atoms with E-state index in [-0.39, 0.29) is 23.4 Å². The molecule has 1 unspecified atom stereocenters. The number of halogens is 1. The number of rotatable bonds is 3. The number of anilines is 2. The van der Waals surface area contributed by atoms with Crippen LogP contribution in [0.2, 0.25) is 5.02 Å². The first-order valence-corrected chi connectivity index (χ1v) is 11.0. The lowest BCUT2D eigenvalue weighted by atomic mass is 9.85. The molecule has 3 aromatic carbocycles. The van der Waals surface area contributed by atoms with Gasteiger partial charge in [0.15, 0.2) is 5.43 Å². The van der Waals surface area contributed by atoms with Crippen LogP contribution in [-0.2, 0) is 4.79 Å². The Morgan fingerprint density at radius 3 is 2.53 bits per heavy atom. The van der Waals surface area contributed by atoms with Gasteiger partial charge in [0.25, 0.3) is 5.69 Å². The maximum Gasteiger partial charge on any atom is 0.269 e. The third kappa shape index (κ3) is 3.36. The van der Waals surface area contributed by atoms with Crippen molar-refractivity contribution < 1.29 is 9.72 Å². The molecule has 0 aliphatic carbocycles. The lowest BCUT2D eigenvalue weighted by Crippen LogP contribution is -2.35. The number of non-ortho nitro benzene ring substituents is 1. The molecular weight excluding hydrogens is 448 g/mol. The Hall–Kier alpha value is -3.55. The number of carbonyl (C=O) groups excluding carboxylic acids is 1. The Bertz CT molecular complexity index is 1450. The smallest absolute Gasteiger partial charge is 0.269 e. The number of nitro benzene ring substituents is 1. The summed E-state index contributed by atoms with van der Waals surface area (Å²) in [4.78, 5) is 39.4. The van der Waals surface area contributed by atoms with Crippen LogP contribution < -0.4 is 10.3 Å². The van der Waals surface area contributed by atoms with E-state index in [4.69, 9.17) is 11.6 Å². The fourth-order valence-electron chi connectivity index (χ4n) is 4.10. The molecule has 158 valence electrons. The van der Waals surface area contributed by atoms with Crippen LogP contribution in [-0.4, -0.2) is 10.8 Å². The Balaban J connectivity index is 1.81. The number of nitrogens with zero attached hydrogens (tertiary/aromatic N) is 2.